The molecule has 0 unspecified atom stereocenters. The lowest BCUT2D eigenvalue weighted by Gasteiger charge is -2.16. The zero-order valence-corrected chi connectivity index (χ0v) is 9.03. The maximum absolute atomic E-state index is 12.9. The van der Waals surface area contributed by atoms with Crippen LogP contribution in [0.25, 0.3) is 0 Å². The van der Waals surface area contributed by atoms with Gasteiger partial charge in [0.15, 0.2) is 11.6 Å². The van der Waals surface area contributed by atoms with E-state index in [4.69, 9.17) is 5.73 Å². The van der Waals surface area contributed by atoms with Gasteiger partial charge in [0.05, 0.1) is 7.11 Å². The van der Waals surface area contributed by atoms with E-state index in [1.54, 1.807) is 0 Å². The second kappa shape index (κ2) is 5.36. The third kappa shape index (κ3) is 3.24. The van der Waals surface area contributed by atoms with Crippen molar-refractivity contribution in [2.24, 2.45) is 5.73 Å². The maximum Gasteiger partial charge on any atom is 0.407 e. The van der Waals surface area contributed by atoms with E-state index in [2.05, 4.69) is 4.74 Å². The summed E-state index contributed by atoms with van der Waals surface area (Å²) in [5.74, 6) is -0.983. The zero-order chi connectivity index (χ0) is 11.6. The average molecular weight is 260 g/mol. The molecule has 0 aliphatic heterocycles. The van der Waals surface area contributed by atoms with Crippen molar-refractivity contribution in [1.29, 1.82) is 0 Å². The smallest absolute Gasteiger partial charge is 0.407 e. The van der Waals surface area contributed by atoms with Crippen LogP contribution in [-0.2, 0) is 0 Å². The van der Waals surface area contributed by atoms with Gasteiger partial charge in [0, 0.05) is 0 Å². The quantitative estimate of drug-likeness (QED) is 0.829. The molecule has 16 heavy (non-hydrogen) atoms. The number of nitrogens with two attached hydrogens (primary N) is 1. The first kappa shape index (κ1) is 15.0. The molecule has 1 aromatic carbocycles. The number of hydrogen-bond acceptors (Lipinski definition) is 2. The molecule has 0 fully saturated rings. The van der Waals surface area contributed by atoms with E-state index < -0.39 is 18.0 Å². The third-order valence-electron chi connectivity index (χ3n) is 1.89. The van der Waals surface area contributed by atoms with E-state index in [0.29, 0.717) is 0 Å². The summed E-state index contributed by atoms with van der Waals surface area (Å²) in [6.45, 7) is 0. The van der Waals surface area contributed by atoms with Crippen LogP contribution in [0.15, 0.2) is 18.2 Å². The fourth-order valence-electron chi connectivity index (χ4n) is 1.06. The summed E-state index contributed by atoms with van der Waals surface area (Å²) in [5, 5.41) is 0. The highest BCUT2D eigenvalue weighted by Crippen LogP contribution is 2.32. The first-order valence-electron chi connectivity index (χ1n) is 4.02. The SMILES string of the molecule is COc1cc([C@@H](N)C(F)(F)F)ccc1F.Cl. The number of halogens is 5. The Labute approximate surface area is 95.8 Å². The number of ether oxygens (including phenoxy) is 1. The normalized spacial score (nSPS) is 12.9. The molecular formula is C9H10ClF4NO. The topological polar surface area (TPSA) is 35.2 Å². The van der Waals surface area contributed by atoms with Crippen LogP contribution in [0.2, 0.25) is 0 Å². The average Bonchev–Trinajstić information content (AvgIpc) is 2.16. The molecule has 2 nitrogen and oxygen atoms in total. The van der Waals surface area contributed by atoms with Gasteiger partial charge in [-0.1, -0.05) is 6.07 Å². The standard InChI is InChI=1S/C9H9F4NO.ClH/c1-15-7-4-5(2-3-6(7)10)8(14)9(11,12)13;/h2-4,8H,14H2,1H3;1H/t8-;/m1./s1. The Morgan fingerprint density at radius 2 is 1.88 bits per heavy atom. The van der Waals surface area contributed by atoms with Gasteiger partial charge in [-0.05, 0) is 17.7 Å². The first-order valence-corrected chi connectivity index (χ1v) is 4.02. The monoisotopic (exact) mass is 259 g/mol. The summed E-state index contributed by atoms with van der Waals surface area (Å²) >= 11 is 0. The Bertz CT molecular complexity index is 356. The number of methoxy groups -OCH3 is 1. The molecule has 0 aliphatic rings. The molecule has 0 bridgehead atoms. The highest BCUT2D eigenvalue weighted by Gasteiger charge is 2.38. The molecule has 0 heterocycles. The van der Waals surface area contributed by atoms with Crippen molar-refractivity contribution in [2.45, 2.75) is 12.2 Å². The molecule has 0 aromatic heterocycles. The van der Waals surface area contributed by atoms with Crippen LogP contribution < -0.4 is 10.5 Å². The molecule has 0 saturated heterocycles. The predicted octanol–water partition coefficient (Wildman–Crippen LogP) is 2.82. The van der Waals surface area contributed by atoms with Gasteiger partial charge in [0.25, 0.3) is 0 Å². The molecule has 7 heteroatoms. The summed E-state index contributed by atoms with van der Waals surface area (Å²) in [4.78, 5) is 0. The van der Waals surface area contributed by atoms with E-state index in [1.807, 2.05) is 0 Å². The summed E-state index contributed by atoms with van der Waals surface area (Å²) in [7, 11) is 1.17. The lowest BCUT2D eigenvalue weighted by Crippen LogP contribution is -2.28. The summed E-state index contributed by atoms with van der Waals surface area (Å²) in [5.41, 5.74) is 4.71. The molecule has 0 aliphatic carbocycles. The minimum atomic E-state index is -4.55. The fraction of sp³-hybridized carbons (Fsp3) is 0.333. The van der Waals surface area contributed by atoms with Gasteiger partial charge >= 0.3 is 6.18 Å². The lowest BCUT2D eigenvalue weighted by atomic mass is 10.1. The second-order valence-electron chi connectivity index (χ2n) is 2.91. The van der Waals surface area contributed by atoms with Crippen LogP contribution in [0, 0.1) is 5.82 Å². The second-order valence-corrected chi connectivity index (χ2v) is 2.91. The summed E-state index contributed by atoms with van der Waals surface area (Å²) < 4.78 is 54.1. The molecule has 0 radical (unpaired) electrons. The van der Waals surface area contributed by atoms with E-state index in [1.165, 1.54) is 7.11 Å². The van der Waals surface area contributed by atoms with Crippen LogP contribution >= 0.6 is 12.4 Å². The van der Waals surface area contributed by atoms with Gasteiger partial charge in [-0.25, -0.2) is 4.39 Å². The van der Waals surface area contributed by atoms with Crippen molar-refractivity contribution in [3.63, 3.8) is 0 Å². The van der Waals surface area contributed by atoms with Crippen molar-refractivity contribution in [1.82, 2.24) is 0 Å². The summed E-state index contributed by atoms with van der Waals surface area (Å²) in [6, 6.07) is 0.676. The van der Waals surface area contributed by atoms with E-state index >= 15 is 0 Å². The third-order valence-corrected chi connectivity index (χ3v) is 1.89. The molecule has 2 N–H and O–H groups in total. The molecule has 0 saturated carbocycles. The summed E-state index contributed by atoms with van der Waals surface area (Å²) in [6.07, 6.45) is -4.55. The fourth-order valence-corrected chi connectivity index (χ4v) is 1.06. The number of hydrogen-bond donors (Lipinski definition) is 1. The largest absolute Gasteiger partial charge is 0.494 e. The van der Waals surface area contributed by atoms with Crippen LogP contribution in [0.1, 0.15) is 11.6 Å². The van der Waals surface area contributed by atoms with Crippen molar-refractivity contribution < 1.29 is 22.3 Å². The van der Waals surface area contributed by atoms with Gasteiger partial charge in [0.1, 0.15) is 6.04 Å². The van der Waals surface area contributed by atoms with Crippen LogP contribution in [0.5, 0.6) is 5.75 Å². The van der Waals surface area contributed by atoms with Crippen LogP contribution in [0.4, 0.5) is 17.6 Å². The lowest BCUT2D eigenvalue weighted by molar-refractivity contribution is -0.149. The minimum Gasteiger partial charge on any atom is -0.494 e. The molecule has 1 rings (SSSR count). The Balaban J connectivity index is 0.00000225. The number of benzene rings is 1. The molecule has 1 aromatic rings. The molecule has 1 atom stereocenters. The van der Waals surface area contributed by atoms with E-state index in [-0.39, 0.29) is 23.7 Å². The van der Waals surface area contributed by atoms with E-state index in [9.17, 15) is 17.6 Å². The first-order chi connectivity index (χ1) is 6.86. The van der Waals surface area contributed by atoms with Crippen molar-refractivity contribution in [3.8, 4) is 5.75 Å². The predicted molar refractivity (Wildman–Crippen MR) is 53.2 cm³/mol. The van der Waals surface area contributed by atoms with Gasteiger partial charge < -0.3 is 10.5 Å². The highest BCUT2D eigenvalue weighted by atomic mass is 35.5. The molecule has 0 amide bonds. The molecular weight excluding hydrogens is 250 g/mol. The van der Waals surface area contributed by atoms with Crippen molar-refractivity contribution in [3.05, 3.63) is 29.6 Å². The van der Waals surface area contributed by atoms with Crippen LogP contribution in [0.3, 0.4) is 0 Å². The van der Waals surface area contributed by atoms with Crippen molar-refractivity contribution >= 4 is 12.4 Å². The minimum absolute atomic E-state index is 0. The Morgan fingerprint density at radius 1 is 1.31 bits per heavy atom. The Morgan fingerprint density at radius 3 is 2.31 bits per heavy atom. The maximum atomic E-state index is 12.9. The zero-order valence-electron chi connectivity index (χ0n) is 8.22. The molecule has 0 spiro atoms. The Hall–Kier alpha value is -1.01. The highest BCUT2D eigenvalue weighted by molar-refractivity contribution is 5.85. The Kier molecular flexibility index (Phi) is 5.02. The van der Waals surface area contributed by atoms with Gasteiger partial charge in [0.2, 0.25) is 0 Å². The molecule has 92 valence electrons. The number of alkyl halides is 3. The van der Waals surface area contributed by atoms with Gasteiger partial charge in [-0.15, -0.1) is 12.4 Å². The van der Waals surface area contributed by atoms with Gasteiger partial charge in [-0.3, -0.25) is 0 Å². The number of rotatable bonds is 2. The van der Waals surface area contributed by atoms with Gasteiger partial charge in [-0.2, -0.15) is 13.2 Å². The van der Waals surface area contributed by atoms with Crippen LogP contribution in [-0.4, -0.2) is 13.3 Å². The van der Waals surface area contributed by atoms with E-state index in [0.717, 1.165) is 18.2 Å². The van der Waals surface area contributed by atoms with Crippen molar-refractivity contribution in [2.75, 3.05) is 7.11 Å².